The quantitative estimate of drug-likeness (QED) is 0.757. The van der Waals surface area contributed by atoms with Crippen LogP contribution in [0.15, 0.2) is 48.7 Å². The molecule has 3 nitrogen and oxygen atoms in total. The van der Waals surface area contributed by atoms with E-state index in [0.717, 1.165) is 23.5 Å². The van der Waals surface area contributed by atoms with Crippen LogP contribution >= 0.6 is 11.3 Å². The Morgan fingerprint density at radius 1 is 1.05 bits per heavy atom. The van der Waals surface area contributed by atoms with E-state index in [9.17, 15) is 13.2 Å². The molecule has 0 saturated carbocycles. The van der Waals surface area contributed by atoms with Crippen LogP contribution in [0.25, 0.3) is 21.8 Å². The van der Waals surface area contributed by atoms with Crippen molar-refractivity contribution in [1.82, 2.24) is 9.97 Å². The van der Waals surface area contributed by atoms with Crippen molar-refractivity contribution in [2.75, 3.05) is 5.73 Å². The van der Waals surface area contributed by atoms with Crippen molar-refractivity contribution in [3.8, 4) is 21.8 Å². The van der Waals surface area contributed by atoms with E-state index in [1.54, 1.807) is 30.5 Å². The molecule has 0 atom stereocenters. The van der Waals surface area contributed by atoms with Crippen LogP contribution in [0.1, 0.15) is 5.56 Å². The summed E-state index contributed by atoms with van der Waals surface area (Å²) in [6.07, 6.45) is -2.79. The lowest BCUT2D eigenvalue weighted by molar-refractivity contribution is -0.137. The third-order valence-electron chi connectivity index (χ3n) is 3.00. The van der Waals surface area contributed by atoms with E-state index in [1.165, 1.54) is 6.07 Å². The molecule has 0 spiro atoms. The molecule has 2 heterocycles. The second-order valence-electron chi connectivity index (χ2n) is 4.52. The molecule has 7 heteroatoms. The van der Waals surface area contributed by atoms with E-state index in [4.69, 9.17) is 5.73 Å². The summed E-state index contributed by atoms with van der Waals surface area (Å²) in [5, 5.41) is 0.285. The van der Waals surface area contributed by atoms with Crippen LogP contribution in [0.4, 0.5) is 18.3 Å². The number of rotatable bonds is 2. The first-order valence-electron chi connectivity index (χ1n) is 6.30. The van der Waals surface area contributed by atoms with E-state index in [-0.39, 0.29) is 5.13 Å². The molecule has 0 saturated heterocycles. The highest BCUT2D eigenvalue weighted by Gasteiger charge is 2.30. The highest BCUT2D eigenvalue weighted by atomic mass is 32.1. The Morgan fingerprint density at radius 3 is 2.55 bits per heavy atom. The van der Waals surface area contributed by atoms with Crippen LogP contribution in [-0.2, 0) is 6.18 Å². The smallest absolute Gasteiger partial charge is 0.375 e. The number of nitrogens with zero attached hydrogens (tertiary/aromatic N) is 2. The molecule has 0 radical (unpaired) electrons. The SMILES string of the molecule is Nc1nc(-c2ccccn2)c(-c2cccc(C(F)(F)F)c2)s1. The summed E-state index contributed by atoms with van der Waals surface area (Å²) in [5.74, 6) is 0. The maximum absolute atomic E-state index is 12.9. The fourth-order valence-electron chi connectivity index (χ4n) is 2.05. The van der Waals surface area contributed by atoms with Crippen molar-refractivity contribution < 1.29 is 13.2 Å². The van der Waals surface area contributed by atoms with Gasteiger partial charge < -0.3 is 5.73 Å². The van der Waals surface area contributed by atoms with Gasteiger partial charge in [-0.25, -0.2) is 4.98 Å². The van der Waals surface area contributed by atoms with E-state index in [1.807, 2.05) is 0 Å². The van der Waals surface area contributed by atoms with Gasteiger partial charge in [-0.1, -0.05) is 29.5 Å². The molecule has 0 aliphatic heterocycles. The average molecular weight is 321 g/mol. The third-order valence-corrected chi connectivity index (χ3v) is 3.94. The van der Waals surface area contributed by atoms with Crippen LogP contribution < -0.4 is 5.73 Å². The molecule has 0 unspecified atom stereocenters. The Morgan fingerprint density at radius 2 is 1.86 bits per heavy atom. The largest absolute Gasteiger partial charge is 0.416 e. The standard InChI is InChI=1S/C15H10F3N3S/c16-15(17,18)10-5-3-4-9(8-10)13-12(21-14(19)22-13)11-6-1-2-7-20-11/h1-8H,(H2,19,21). The number of nitrogens with two attached hydrogens (primary N) is 1. The van der Waals surface area contributed by atoms with E-state index < -0.39 is 11.7 Å². The Balaban J connectivity index is 2.14. The van der Waals surface area contributed by atoms with Crippen LogP contribution in [0.3, 0.4) is 0 Å². The van der Waals surface area contributed by atoms with Crippen molar-refractivity contribution in [2.45, 2.75) is 6.18 Å². The minimum absolute atomic E-state index is 0.285. The molecule has 3 rings (SSSR count). The fourth-order valence-corrected chi connectivity index (χ4v) is 2.88. The summed E-state index contributed by atoms with van der Waals surface area (Å²) < 4.78 is 38.6. The molecule has 0 bridgehead atoms. The van der Waals surface area contributed by atoms with Crippen LogP contribution in [-0.4, -0.2) is 9.97 Å². The first kappa shape index (κ1) is 14.5. The Labute approximate surface area is 128 Å². The van der Waals surface area contributed by atoms with Crippen molar-refractivity contribution in [3.05, 3.63) is 54.2 Å². The number of halogens is 3. The van der Waals surface area contributed by atoms with Gasteiger partial charge >= 0.3 is 6.18 Å². The zero-order valence-corrected chi connectivity index (χ0v) is 11.9. The predicted molar refractivity (Wildman–Crippen MR) is 80.2 cm³/mol. The summed E-state index contributed by atoms with van der Waals surface area (Å²) in [6.45, 7) is 0. The molecular formula is C15H10F3N3S. The first-order chi connectivity index (χ1) is 10.4. The number of hydrogen-bond acceptors (Lipinski definition) is 4. The first-order valence-corrected chi connectivity index (χ1v) is 7.12. The maximum Gasteiger partial charge on any atom is 0.416 e. The Kier molecular flexibility index (Phi) is 3.58. The van der Waals surface area contributed by atoms with Crippen LogP contribution in [0.5, 0.6) is 0 Å². The normalized spacial score (nSPS) is 11.6. The van der Waals surface area contributed by atoms with E-state index >= 15 is 0 Å². The van der Waals surface area contributed by atoms with Gasteiger partial charge in [0.05, 0.1) is 16.1 Å². The van der Waals surface area contributed by atoms with Gasteiger partial charge in [0.25, 0.3) is 0 Å². The number of pyridine rings is 1. The number of benzene rings is 1. The lowest BCUT2D eigenvalue weighted by Gasteiger charge is -2.08. The lowest BCUT2D eigenvalue weighted by atomic mass is 10.1. The van der Waals surface area contributed by atoms with Gasteiger partial charge in [0.2, 0.25) is 0 Å². The highest BCUT2D eigenvalue weighted by molar-refractivity contribution is 7.19. The van der Waals surface area contributed by atoms with Crippen molar-refractivity contribution in [3.63, 3.8) is 0 Å². The molecule has 2 N–H and O–H groups in total. The second-order valence-corrected chi connectivity index (χ2v) is 5.55. The average Bonchev–Trinajstić information content (AvgIpc) is 2.89. The van der Waals surface area contributed by atoms with Gasteiger partial charge in [-0.15, -0.1) is 0 Å². The van der Waals surface area contributed by atoms with Gasteiger partial charge in [0.1, 0.15) is 5.69 Å². The molecule has 0 fully saturated rings. The molecule has 0 amide bonds. The van der Waals surface area contributed by atoms with Gasteiger partial charge in [-0.2, -0.15) is 13.2 Å². The summed E-state index contributed by atoms with van der Waals surface area (Å²) in [5.41, 5.74) is 6.51. The minimum Gasteiger partial charge on any atom is -0.375 e. The summed E-state index contributed by atoms with van der Waals surface area (Å²) in [7, 11) is 0. The summed E-state index contributed by atoms with van der Waals surface area (Å²) >= 11 is 1.14. The van der Waals surface area contributed by atoms with Gasteiger partial charge in [-0.3, -0.25) is 4.98 Å². The summed E-state index contributed by atoms with van der Waals surface area (Å²) in [4.78, 5) is 8.96. The molecule has 3 aromatic rings. The second kappa shape index (κ2) is 5.42. The van der Waals surface area contributed by atoms with Crippen LogP contribution in [0.2, 0.25) is 0 Å². The van der Waals surface area contributed by atoms with E-state index in [2.05, 4.69) is 9.97 Å². The van der Waals surface area contributed by atoms with E-state index in [0.29, 0.717) is 21.8 Å². The highest BCUT2D eigenvalue weighted by Crippen LogP contribution is 2.39. The maximum atomic E-state index is 12.9. The zero-order valence-electron chi connectivity index (χ0n) is 11.1. The topological polar surface area (TPSA) is 51.8 Å². The fraction of sp³-hybridized carbons (Fsp3) is 0.0667. The Hall–Kier alpha value is -2.41. The Bertz CT molecular complexity index is 797. The number of thiazole rings is 1. The molecule has 2 aromatic heterocycles. The molecule has 0 aliphatic carbocycles. The van der Waals surface area contributed by atoms with Crippen molar-refractivity contribution in [2.24, 2.45) is 0 Å². The minimum atomic E-state index is -4.39. The molecule has 22 heavy (non-hydrogen) atoms. The third kappa shape index (κ3) is 2.80. The predicted octanol–water partition coefficient (Wildman–Crippen LogP) is 4.47. The molecule has 0 aliphatic rings. The monoisotopic (exact) mass is 321 g/mol. The number of anilines is 1. The molecule has 1 aromatic carbocycles. The number of alkyl halides is 3. The van der Waals surface area contributed by atoms with Crippen molar-refractivity contribution >= 4 is 16.5 Å². The number of aromatic nitrogens is 2. The van der Waals surface area contributed by atoms with Gasteiger partial charge in [0.15, 0.2) is 5.13 Å². The van der Waals surface area contributed by atoms with Gasteiger partial charge in [-0.05, 0) is 29.8 Å². The van der Waals surface area contributed by atoms with Crippen molar-refractivity contribution in [1.29, 1.82) is 0 Å². The van der Waals surface area contributed by atoms with Gasteiger partial charge in [0, 0.05) is 6.20 Å². The number of nitrogen functional groups attached to an aromatic ring is 1. The lowest BCUT2D eigenvalue weighted by Crippen LogP contribution is -2.04. The number of hydrogen-bond donors (Lipinski definition) is 1. The molecular weight excluding hydrogens is 311 g/mol. The van der Waals surface area contributed by atoms with Crippen LogP contribution in [0, 0.1) is 0 Å². The zero-order chi connectivity index (χ0) is 15.7. The summed E-state index contributed by atoms with van der Waals surface area (Å²) in [6, 6.07) is 10.4. The molecule has 112 valence electrons.